The second-order valence-corrected chi connectivity index (χ2v) is 15.7. The number of aromatic nitrogens is 4. The minimum absolute atomic E-state index is 0.0160. The number of hydrogen-bond acceptors (Lipinski definition) is 4. The Labute approximate surface area is 358 Å². The second-order valence-electron chi connectivity index (χ2n) is 14.7. The van der Waals surface area contributed by atoms with Gasteiger partial charge in [0.05, 0.1) is 24.9 Å². The van der Waals surface area contributed by atoms with Crippen molar-refractivity contribution in [1.29, 1.82) is 0 Å². The van der Waals surface area contributed by atoms with E-state index < -0.39 is 0 Å². The largest absolute Gasteiger partial charge is 0.309 e. The predicted octanol–water partition coefficient (Wildman–Crippen LogP) is 14.8. The van der Waals surface area contributed by atoms with E-state index >= 15 is 0 Å². The van der Waals surface area contributed by atoms with E-state index in [1.54, 1.807) is 15.9 Å². The van der Waals surface area contributed by atoms with Crippen LogP contribution in [0.2, 0.25) is 0 Å². The van der Waals surface area contributed by atoms with Gasteiger partial charge >= 0.3 is 0 Å². The lowest BCUT2D eigenvalue weighted by Crippen LogP contribution is -2.02. The summed E-state index contributed by atoms with van der Waals surface area (Å²) >= 11 is 1.69. The summed E-state index contributed by atoms with van der Waals surface area (Å²) in [6.07, 6.45) is 0. The van der Waals surface area contributed by atoms with Gasteiger partial charge in [0.25, 0.3) is 0 Å². The molecule has 280 valence electrons. The van der Waals surface area contributed by atoms with Crippen molar-refractivity contribution in [2.75, 3.05) is 0 Å². The van der Waals surface area contributed by atoms with Gasteiger partial charge in [0.1, 0.15) is 0 Å². The van der Waals surface area contributed by atoms with Crippen LogP contribution in [0.3, 0.4) is 0 Å². The van der Waals surface area contributed by atoms with Crippen LogP contribution < -0.4 is 0 Å². The lowest BCUT2D eigenvalue weighted by molar-refractivity contribution is 1.07. The van der Waals surface area contributed by atoms with Gasteiger partial charge in [-0.1, -0.05) is 164 Å². The molecular weight excluding hydrogens is 749 g/mol. The lowest BCUT2D eigenvalue weighted by Gasteiger charge is -2.18. The summed E-state index contributed by atoms with van der Waals surface area (Å²) in [5.41, 5.74) is 7.19. The minimum Gasteiger partial charge on any atom is -0.309 e. The fourth-order valence-electron chi connectivity index (χ4n) is 8.42. The topological polar surface area (TPSA) is 43.6 Å². The number of thiophene rings is 1. The lowest BCUT2D eigenvalue weighted by atomic mass is 9.91. The first-order valence-electron chi connectivity index (χ1n) is 22.7. The third-order valence-corrected chi connectivity index (χ3v) is 12.4. The maximum absolute atomic E-state index is 9.32. The van der Waals surface area contributed by atoms with E-state index in [4.69, 9.17) is 20.4 Å². The van der Waals surface area contributed by atoms with Gasteiger partial charge in [0.15, 0.2) is 17.5 Å². The molecule has 4 nitrogen and oxygen atoms in total. The average molecular weight is 789 g/mol. The van der Waals surface area contributed by atoms with E-state index in [-0.39, 0.29) is 47.0 Å². The van der Waals surface area contributed by atoms with Gasteiger partial charge in [-0.2, -0.15) is 0 Å². The minimum atomic E-state index is -0.161. The van der Waals surface area contributed by atoms with Crippen molar-refractivity contribution >= 4 is 64.1 Å². The molecule has 12 rings (SSSR count). The summed E-state index contributed by atoms with van der Waals surface area (Å²) in [5, 5.41) is 4.68. The normalized spacial score (nSPS) is 13.1. The molecule has 12 aromatic rings. The van der Waals surface area contributed by atoms with Crippen LogP contribution >= 0.6 is 11.3 Å². The van der Waals surface area contributed by atoms with Crippen LogP contribution in [0.15, 0.2) is 206 Å². The Morgan fingerprint density at radius 1 is 0.400 bits per heavy atom. The van der Waals surface area contributed by atoms with Crippen molar-refractivity contribution in [3.05, 3.63) is 206 Å². The monoisotopic (exact) mass is 788 g/mol. The smallest absolute Gasteiger partial charge is 0.164 e. The molecule has 0 atom stereocenters. The van der Waals surface area contributed by atoms with Crippen LogP contribution in [0.1, 0.15) is 8.22 Å². The summed E-state index contributed by atoms with van der Waals surface area (Å²) in [7, 11) is 0. The standard InChI is InChI=1S/C55H34N4S/c1-3-16-35(17-4-1)53-56-54(36-18-5-2-6-19-36)58-55(57-53)47-33-38-21-8-7-20-37(38)32-45(47)39-30-31-50(59-48-27-12-9-22-40(48)41-23-10-13-28-49(41)59)46(34-39)44-26-15-25-43-42-24-11-14-29-51(42)60-52(43)44/h1-34H/i9D,10D,22D,23D,27D,28D. The Balaban J connectivity index is 1.20. The second kappa shape index (κ2) is 14.0. The van der Waals surface area contributed by atoms with Crippen LogP contribution in [0.4, 0.5) is 0 Å². The Bertz CT molecular complexity index is 3830. The van der Waals surface area contributed by atoms with Crippen molar-refractivity contribution in [1.82, 2.24) is 19.5 Å². The van der Waals surface area contributed by atoms with Gasteiger partial charge in [0.2, 0.25) is 0 Å². The quantitative estimate of drug-likeness (QED) is 0.169. The molecule has 0 spiro atoms. The highest BCUT2D eigenvalue weighted by molar-refractivity contribution is 7.26. The van der Waals surface area contributed by atoms with Crippen molar-refractivity contribution in [2.45, 2.75) is 0 Å². The van der Waals surface area contributed by atoms with E-state index in [0.29, 0.717) is 34.2 Å². The third kappa shape index (κ3) is 5.63. The van der Waals surface area contributed by atoms with Crippen molar-refractivity contribution in [2.24, 2.45) is 0 Å². The number of nitrogens with zero attached hydrogens (tertiary/aromatic N) is 4. The van der Waals surface area contributed by atoms with Crippen LogP contribution in [0.5, 0.6) is 0 Å². The first kappa shape index (κ1) is 28.6. The predicted molar refractivity (Wildman–Crippen MR) is 252 cm³/mol. The third-order valence-electron chi connectivity index (χ3n) is 11.2. The van der Waals surface area contributed by atoms with Gasteiger partial charge in [-0.25, -0.2) is 15.0 Å². The zero-order valence-electron chi connectivity index (χ0n) is 37.9. The molecule has 0 aliphatic rings. The summed E-state index contributed by atoms with van der Waals surface area (Å²) in [4.78, 5) is 15.4. The molecular formula is C55H34N4S. The Morgan fingerprint density at radius 3 is 1.67 bits per heavy atom. The molecule has 0 saturated heterocycles. The van der Waals surface area contributed by atoms with Crippen molar-refractivity contribution in [3.63, 3.8) is 0 Å². The summed E-state index contributed by atoms with van der Waals surface area (Å²) in [6, 6.07) is 55.2. The molecule has 0 saturated carbocycles. The SMILES string of the molecule is [2H]c1cc([2H])c2c(c1[2H])c1c([2H])c([2H])cc([2H])c1n2-c1ccc(-c2cc3ccccc3cc2-c2nc(-c3ccccc3)nc(-c3ccccc3)n2)cc1-c1cccc2c1sc1ccccc12. The van der Waals surface area contributed by atoms with E-state index in [2.05, 4.69) is 60.7 Å². The van der Waals surface area contributed by atoms with Gasteiger partial charge in [-0.3, -0.25) is 0 Å². The van der Waals surface area contributed by atoms with Crippen molar-refractivity contribution < 1.29 is 8.22 Å². The van der Waals surface area contributed by atoms with Crippen LogP contribution in [-0.4, -0.2) is 19.5 Å². The number of benzene rings is 9. The number of rotatable bonds is 6. The highest BCUT2D eigenvalue weighted by Crippen LogP contribution is 2.45. The van der Waals surface area contributed by atoms with E-state index in [1.807, 2.05) is 97.1 Å². The maximum atomic E-state index is 9.32. The molecule has 0 bridgehead atoms. The van der Waals surface area contributed by atoms with Gasteiger partial charge in [0, 0.05) is 58.8 Å². The van der Waals surface area contributed by atoms with E-state index in [1.165, 1.54) is 12.1 Å². The first-order chi connectivity index (χ1) is 32.2. The van der Waals surface area contributed by atoms with E-state index in [9.17, 15) is 2.74 Å². The number of fused-ring (bicyclic) bond motifs is 7. The van der Waals surface area contributed by atoms with E-state index in [0.717, 1.165) is 69.9 Å². The summed E-state index contributed by atoms with van der Waals surface area (Å²) < 4.78 is 58.2. The Morgan fingerprint density at radius 2 is 0.983 bits per heavy atom. The molecule has 0 unspecified atom stereocenters. The fourth-order valence-corrected chi connectivity index (χ4v) is 9.65. The molecule has 0 N–H and O–H groups in total. The molecule has 9 aromatic carbocycles. The molecule has 3 heterocycles. The molecule has 0 amide bonds. The fraction of sp³-hybridized carbons (Fsp3) is 0. The molecule has 3 aromatic heterocycles. The number of hydrogen-bond donors (Lipinski definition) is 0. The molecule has 0 aliphatic heterocycles. The maximum Gasteiger partial charge on any atom is 0.164 e. The summed E-state index contributed by atoms with van der Waals surface area (Å²) in [6.45, 7) is 0. The van der Waals surface area contributed by atoms with Crippen LogP contribution in [-0.2, 0) is 0 Å². The molecule has 0 radical (unpaired) electrons. The Kier molecular flexibility index (Phi) is 6.67. The Hall–Kier alpha value is -7.73. The van der Waals surface area contributed by atoms with Gasteiger partial charge in [-0.05, 0) is 64.3 Å². The van der Waals surface area contributed by atoms with Crippen LogP contribution in [0.25, 0.3) is 115 Å². The van der Waals surface area contributed by atoms with Gasteiger partial charge < -0.3 is 4.57 Å². The zero-order chi connectivity index (χ0) is 44.8. The molecule has 0 fully saturated rings. The highest BCUT2D eigenvalue weighted by Gasteiger charge is 2.22. The summed E-state index contributed by atoms with van der Waals surface area (Å²) in [5.74, 6) is 1.59. The average Bonchev–Trinajstić information content (AvgIpc) is 3.93. The highest BCUT2D eigenvalue weighted by atomic mass is 32.1. The van der Waals surface area contributed by atoms with Crippen LogP contribution in [0, 0.1) is 0 Å². The molecule has 60 heavy (non-hydrogen) atoms. The molecule has 5 heteroatoms. The van der Waals surface area contributed by atoms with Crippen molar-refractivity contribution in [3.8, 4) is 62.1 Å². The zero-order valence-corrected chi connectivity index (χ0v) is 32.7. The number of para-hydroxylation sites is 2. The van der Waals surface area contributed by atoms with Gasteiger partial charge in [-0.15, -0.1) is 11.3 Å². The molecule has 0 aliphatic carbocycles. The first-order valence-corrected chi connectivity index (χ1v) is 20.5.